The van der Waals surface area contributed by atoms with E-state index in [1.165, 1.54) is 68.7 Å². The maximum absolute atomic E-state index is 15.7. The van der Waals surface area contributed by atoms with Gasteiger partial charge in [0.25, 0.3) is 11.1 Å². The number of hydrogen-bond donors (Lipinski definition) is 3. The van der Waals surface area contributed by atoms with Gasteiger partial charge in [-0.15, -0.1) is 0 Å². The Hall–Kier alpha value is -7.09. The van der Waals surface area contributed by atoms with E-state index in [1.54, 1.807) is 38.5 Å². The zero-order valence-electron chi connectivity index (χ0n) is 44.4. The number of nitriles is 1. The van der Waals surface area contributed by atoms with Gasteiger partial charge in [-0.1, -0.05) is 77.8 Å². The number of hydrogen-bond acceptors (Lipinski definition) is 17. The topological polar surface area (TPSA) is 280 Å². The Morgan fingerprint density at radius 3 is 1.71 bits per heavy atom. The Morgan fingerprint density at radius 2 is 1.17 bits per heavy atom. The number of phosphoric ester groups is 2. The summed E-state index contributed by atoms with van der Waals surface area (Å²) >= 11 is 12.5. The highest BCUT2D eigenvalue weighted by Gasteiger charge is 2.49. The molecule has 2 fully saturated rings. The SMILES string of the molecule is COc1ccc(C(OC[C@H]2O[C@@H](n3cc(C)c(=O)[nH]c3=O)C[C@@H]2OP(=O)(OC[C@H]2O[C@@H](n3cc(C)c(=O)[nH]c3=O)C[C@@H]2OP(=O)(O)Oc2ccc(Cl)cc2CCC#N)Oc2ccc(Cl)cc2)(c2ccccc2)c2ccc(OC)cc2)cc1. The average Bonchev–Trinajstić information content (AvgIpc) is 2.86. The van der Waals surface area contributed by atoms with E-state index in [1.807, 2.05) is 60.7 Å². The van der Waals surface area contributed by atoms with Crippen molar-refractivity contribution in [2.75, 3.05) is 27.4 Å². The molecule has 2 aromatic heterocycles. The number of halogens is 2. The highest BCUT2D eigenvalue weighted by Crippen LogP contribution is 2.55. The maximum atomic E-state index is 15.7. The second-order valence-corrected chi connectivity index (χ2v) is 22.8. The van der Waals surface area contributed by atoms with Crippen molar-refractivity contribution in [1.29, 1.82) is 5.26 Å². The molecule has 0 bridgehead atoms. The largest absolute Gasteiger partial charge is 0.530 e. The Morgan fingerprint density at radius 1 is 0.671 bits per heavy atom. The van der Waals surface area contributed by atoms with Crippen LogP contribution in [0.5, 0.6) is 23.0 Å². The first-order valence-corrected chi connectivity index (χ1v) is 29.2. The molecule has 8 atom stereocenters. The molecule has 26 heteroatoms. The Labute approximate surface area is 478 Å². The summed E-state index contributed by atoms with van der Waals surface area (Å²) in [6.07, 6.45) is -5.88. The minimum absolute atomic E-state index is 0.0208. The molecule has 0 radical (unpaired) electrons. The zero-order chi connectivity index (χ0) is 58.3. The van der Waals surface area contributed by atoms with Gasteiger partial charge < -0.3 is 32.7 Å². The highest BCUT2D eigenvalue weighted by atomic mass is 35.5. The smallest absolute Gasteiger partial charge is 0.497 e. The molecule has 4 heterocycles. The van der Waals surface area contributed by atoms with E-state index in [4.69, 9.17) is 69.5 Å². The van der Waals surface area contributed by atoms with Crippen LogP contribution in [0.4, 0.5) is 0 Å². The lowest BCUT2D eigenvalue weighted by Crippen LogP contribution is -2.38. The molecule has 7 aromatic rings. The monoisotopic (exact) mass is 1200 g/mol. The first-order chi connectivity index (χ1) is 39.3. The molecule has 2 saturated heterocycles. The highest BCUT2D eigenvalue weighted by molar-refractivity contribution is 7.49. The molecule has 22 nitrogen and oxygen atoms in total. The molecule has 2 aliphatic rings. The van der Waals surface area contributed by atoms with Crippen molar-refractivity contribution in [2.24, 2.45) is 0 Å². The third-order valence-electron chi connectivity index (χ3n) is 13.6. The van der Waals surface area contributed by atoms with Crippen LogP contribution >= 0.6 is 38.8 Å². The normalized spacial score (nSPS) is 20.3. The number of nitrogens with zero attached hydrogens (tertiary/aromatic N) is 3. The average molecular weight is 1200 g/mol. The van der Waals surface area contributed by atoms with Gasteiger partial charge in [0.1, 0.15) is 65.5 Å². The lowest BCUT2D eigenvalue weighted by Gasteiger charge is -2.37. The second kappa shape index (κ2) is 25.6. The number of aromatic amines is 2. The molecule has 82 heavy (non-hydrogen) atoms. The van der Waals surface area contributed by atoms with Gasteiger partial charge in [0.2, 0.25) is 0 Å². The van der Waals surface area contributed by atoms with Crippen LogP contribution in [0.15, 0.2) is 153 Å². The lowest BCUT2D eigenvalue weighted by atomic mass is 9.80. The van der Waals surface area contributed by atoms with E-state index in [0.717, 1.165) is 9.13 Å². The van der Waals surface area contributed by atoms with Crippen molar-refractivity contribution in [3.8, 4) is 29.1 Å². The Balaban J connectivity index is 1.09. The fraction of sp³-hybridized carbons (Fsp3) is 0.304. The molecular weight excluding hydrogens is 1150 g/mol. The molecule has 2 aliphatic heterocycles. The van der Waals surface area contributed by atoms with Gasteiger partial charge in [0.05, 0.1) is 33.5 Å². The predicted octanol–water partition coefficient (Wildman–Crippen LogP) is 9.22. The van der Waals surface area contributed by atoms with E-state index in [2.05, 4.69) is 9.97 Å². The summed E-state index contributed by atoms with van der Waals surface area (Å²) in [5.74, 6) is 0.982. The van der Waals surface area contributed by atoms with Crippen LogP contribution < -0.4 is 41.0 Å². The predicted molar refractivity (Wildman–Crippen MR) is 299 cm³/mol. The minimum atomic E-state index is -5.17. The molecule has 3 N–H and O–H groups in total. The summed E-state index contributed by atoms with van der Waals surface area (Å²) in [6, 6.07) is 35.8. The molecule has 0 amide bonds. The third kappa shape index (κ3) is 13.7. The number of ether oxygens (including phenoxy) is 5. The number of H-pyrrole nitrogens is 2. The number of benzene rings is 5. The summed E-state index contributed by atoms with van der Waals surface area (Å²) in [6.45, 7) is 1.82. The van der Waals surface area contributed by atoms with Crippen molar-refractivity contribution in [1.82, 2.24) is 19.1 Å². The van der Waals surface area contributed by atoms with Gasteiger partial charge in [-0.25, -0.2) is 18.7 Å². The van der Waals surface area contributed by atoms with E-state index in [-0.39, 0.29) is 59.9 Å². The Bertz CT molecular complexity index is 3740. The summed E-state index contributed by atoms with van der Waals surface area (Å²) in [5.41, 5.74) is -1.79. The van der Waals surface area contributed by atoms with Gasteiger partial charge in [0, 0.05) is 52.8 Å². The van der Waals surface area contributed by atoms with Crippen LogP contribution in [0.2, 0.25) is 10.0 Å². The fourth-order valence-corrected chi connectivity index (χ4v) is 12.3. The van der Waals surface area contributed by atoms with Gasteiger partial charge in [-0.2, -0.15) is 5.26 Å². The van der Waals surface area contributed by atoms with Crippen LogP contribution in [0.25, 0.3) is 0 Å². The van der Waals surface area contributed by atoms with Gasteiger partial charge in [0.15, 0.2) is 0 Å². The number of aromatic nitrogens is 4. The summed E-state index contributed by atoms with van der Waals surface area (Å²) in [7, 11) is -7.15. The van der Waals surface area contributed by atoms with Gasteiger partial charge in [-0.3, -0.25) is 47.2 Å². The van der Waals surface area contributed by atoms with Crippen LogP contribution in [-0.2, 0) is 48.9 Å². The quantitative estimate of drug-likeness (QED) is 0.0397. The molecule has 0 aliphatic carbocycles. The first-order valence-electron chi connectivity index (χ1n) is 25.5. The van der Waals surface area contributed by atoms with E-state index in [9.17, 15) is 33.9 Å². The van der Waals surface area contributed by atoms with Crippen LogP contribution in [0.3, 0.4) is 0 Å². The standard InChI is InChI=1S/C56H55Cl2N5O17P2/c1-34-30-62(54(66)60-52(34)64)50-28-46(79-81(68,69)78-45-25-18-41(58)27-36(45)9-8-26-59)49(76-50)33-74-82(70,77-44-23-16-40(57)17-24-44)80-47-29-51(63-31-35(2)53(65)61-55(63)67)75-48(47)32-73-56(37-10-6-5-7-11-37,38-12-19-42(71-3)20-13-38)39-14-21-43(72-4)22-15-39/h5-7,10-25,27,30-31,46-51H,8-9,28-29,32-33H2,1-4H3,(H,68,69)(H,60,64,66)(H,61,65,67)/t46-,47-,48+,49+,50+,51+,82?/m0/s1. The molecular formula is C56H55Cl2N5O17P2. The van der Waals surface area contributed by atoms with E-state index >= 15 is 4.57 Å². The minimum Gasteiger partial charge on any atom is -0.497 e. The van der Waals surface area contributed by atoms with Gasteiger partial charge >= 0.3 is 27.0 Å². The van der Waals surface area contributed by atoms with Crippen LogP contribution in [-0.4, -0.2) is 75.8 Å². The molecule has 0 spiro atoms. The summed E-state index contributed by atoms with van der Waals surface area (Å²) in [4.78, 5) is 67.8. The van der Waals surface area contributed by atoms with Crippen molar-refractivity contribution in [3.05, 3.63) is 219 Å². The van der Waals surface area contributed by atoms with E-state index in [0.29, 0.717) is 38.8 Å². The van der Waals surface area contributed by atoms with Crippen molar-refractivity contribution in [3.63, 3.8) is 0 Å². The number of nitrogens with one attached hydrogen (secondary N) is 2. The third-order valence-corrected chi connectivity index (χ3v) is 16.5. The van der Waals surface area contributed by atoms with Crippen molar-refractivity contribution in [2.45, 2.75) is 82.0 Å². The number of aryl methyl sites for hydroxylation is 3. The number of rotatable bonds is 23. The summed E-state index contributed by atoms with van der Waals surface area (Å²) in [5, 5.41) is 9.85. The van der Waals surface area contributed by atoms with Crippen molar-refractivity contribution >= 4 is 38.8 Å². The van der Waals surface area contributed by atoms with E-state index < -0.39 is 87.2 Å². The first kappa shape index (κ1) is 59.5. The second-order valence-electron chi connectivity index (χ2n) is 19.0. The van der Waals surface area contributed by atoms with Gasteiger partial charge in [-0.05, 0) is 109 Å². The zero-order valence-corrected chi connectivity index (χ0v) is 47.7. The summed E-state index contributed by atoms with van der Waals surface area (Å²) < 4.78 is 93.3. The maximum Gasteiger partial charge on any atom is 0.530 e. The molecule has 2 unspecified atom stereocenters. The number of methoxy groups -OCH3 is 2. The van der Waals surface area contributed by atoms with Crippen LogP contribution in [0.1, 0.15) is 65.1 Å². The Kier molecular flexibility index (Phi) is 18.6. The van der Waals surface area contributed by atoms with Crippen LogP contribution in [0, 0.1) is 25.2 Å². The molecule has 0 saturated carbocycles. The number of phosphoric acid groups is 2. The molecule has 5 aromatic carbocycles. The molecule has 9 rings (SSSR count). The molecule has 430 valence electrons. The lowest BCUT2D eigenvalue weighted by molar-refractivity contribution is -0.0949. The van der Waals surface area contributed by atoms with Crippen molar-refractivity contribution < 1.29 is 60.3 Å². The fourth-order valence-electron chi connectivity index (χ4n) is 9.52.